The molecule has 0 aromatic heterocycles. The fourth-order valence-electron chi connectivity index (χ4n) is 1.42. The number of anilines is 2. The molecule has 17 heavy (non-hydrogen) atoms. The molecule has 0 atom stereocenters. The number of carbonyl (C=O) groups excluding carboxylic acids is 1. The average molecular weight is 235 g/mol. The molecule has 0 spiro atoms. The van der Waals surface area contributed by atoms with Gasteiger partial charge in [0, 0.05) is 11.7 Å². The molecule has 0 radical (unpaired) electrons. The number of nitrogens with two attached hydrogens (primary N) is 1. The fourth-order valence-corrected chi connectivity index (χ4v) is 1.42. The van der Waals surface area contributed by atoms with Crippen LogP contribution in [0.2, 0.25) is 0 Å². The van der Waals surface area contributed by atoms with Crippen LogP contribution in [-0.2, 0) is 0 Å². The van der Waals surface area contributed by atoms with Crippen LogP contribution in [0.15, 0.2) is 18.2 Å². The summed E-state index contributed by atoms with van der Waals surface area (Å²) < 4.78 is 0. The second-order valence-corrected chi connectivity index (χ2v) is 3.98. The van der Waals surface area contributed by atoms with Gasteiger partial charge in [-0.05, 0) is 31.0 Å². The highest BCUT2D eigenvalue weighted by atomic mass is 16.4. The third-order valence-electron chi connectivity index (χ3n) is 2.43. The van der Waals surface area contributed by atoms with E-state index in [0.29, 0.717) is 5.69 Å². The maximum absolute atomic E-state index is 11.5. The van der Waals surface area contributed by atoms with E-state index in [1.54, 1.807) is 0 Å². The lowest BCUT2D eigenvalue weighted by Crippen LogP contribution is -2.31. The van der Waals surface area contributed by atoms with E-state index in [2.05, 4.69) is 10.6 Å². The number of aromatic carboxylic acids is 1. The summed E-state index contributed by atoms with van der Waals surface area (Å²) in [6.45, 7) is 0. The second-order valence-electron chi connectivity index (χ2n) is 3.98. The number of nitrogen functional groups attached to an aromatic ring is 1. The van der Waals surface area contributed by atoms with Crippen molar-refractivity contribution in [1.82, 2.24) is 5.32 Å². The topological polar surface area (TPSA) is 104 Å². The number of amides is 2. The molecule has 1 saturated carbocycles. The SMILES string of the molecule is Nc1ccc(C(=O)O)c(NC(=O)NC2CC2)c1. The zero-order valence-corrected chi connectivity index (χ0v) is 9.06. The minimum Gasteiger partial charge on any atom is -0.478 e. The van der Waals surface area contributed by atoms with Gasteiger partial charge >= 0.3 is 12.0 Å². The lowest BCUT2D eigenvalue weighted by Gasteiger charge is -2.10. The molecule has 1 aliphatic carbocycles. The smallest absolute Gasteiger partial charge is 0.337 e. The van der Waals surface area contributed by atoms with Crippen molar-refractivity contribution < 1.29 is 14.7 Å². The van der Waals surface area contributed by atoms with Crippen molar-refractivity contribution in [3.8, 4) is 0 Å². The molecular weight excluding hydrogens is 222 g/mol. The van der Waals surface area contributed by atoms with Gasteiger partial charge in [0.15, 0.2) is 0 Å². The molecule has 0 saturated heterocycles. The van der Waals surface area contributed by atoms with Crippen molar-refractivity contribution in [1.29, 1.82) is 0 Å². The molecule has 0 bridgehead atoms. The molecule has 1 aromatic carbocycles. The van der Waals surface area contributed by atoms with Crippen LogP contribution >= 0.6 is 0 Å². The maximum Gasteiger partial charge on any atom is 0.337 e. The van der Waals surface area contributed by atoms with Gasteiger partial charge in [-0.1, -0.05) is 0 Å². The van der Waals surface area contributed by atoms with Crippen LogP contribution < -0.4 is 16.4 Å². The lowest BCUT2D eigenvalue weighted by molar-refractivity contribution is 0.0698. The van der Waals surface area contributed by atoms with Gasteiger partial charge in [0.2, 0.25) is 0 Å². The molecule has 0 aliphatic heterocycles. The minimum absolute atomic E-state index is 0.0187. The third-order valence-corrected chi connectivity index (χ3v) is 2.43. The Bertz CT molecular complexity index is 469. The maximum atomic E-state index is 11.5. The standard InChI is InChI=1S/C11H13N3O3/c12-6-1-4-8(10(15)16)9(5-6)14-11(17)13-7-2-3-7/h1,4-5,7H,2-3,12H2,(H,15,16)(H2,13,14,17). The highest BCUT2D eigenvalue weighted by molar-refractivity contribution is 6.00. The Morgan fingerprint density at radius 1 is 1.35 bits per heavy atom. The van der Waals surface area contributed by atoms with E-state index in [4.69, 9.17) is 10.8 Å². The van der Waals surface area contributed by atoms with Gasteiger partial charge < -0.3 is 21.5 Å². The molecule has 5 N–H and O–H groups in total. The Morgan fingerprint density at radius 2 is 2.06 bits per heavy atom. The molecule has 1 fully saturated rings. The van der Waals surface area contributed by atoms with Crippen molar-refractivity contribution >= 4 is 23.4 Å². The largest absolute Gasteiger partial charge is 0.478 e. The van der Waals surface area contributed by atoms with Gasteiger partial charge in [-0.25, -0.2) is 9.59 Å². The Hall–Kier alpha value is -2.24. The summed E-state index contributed by atoms with van der Waals surface area (Å²) in [5.41, 5.74) is 6.18. The summed E-state index contributed by atoms with van der Waals surface area (Å²) in [5, 5.41) is 14.1. The Labute approximate surface area is 97.8 Å². The van der Waals surface area contributed by atoms with Crippen molar-refractivity contribution in [2.45, 2.75) is 18.9 Å². The van der Waals surface area contributed by atoms with Gasteiger partial charge in [-0.2, -0.15) is 0 Å². The summed E-state index contributed by atoms with van der Waals surface area (Å²) in [6.07, 6.45) is 1.94. The van der Waals surface area contributed by atoms with Crippen LogP contribution in [0.25, 0.3) is 0 Å². The highest BCUT2D eigenvalue weighted by Gasteiger charge is 2.23. The number of carbonyl (C=O) groups is 2. The zero-order valence-electron chi connectivity index (χ0n) is 9.06. The van der Waals surface area contributed by atoms with Crippen LogP contribution in [0.5, 0.6) is 0 Å². The molecule has 1 aliphatic rings. The summed E-state index contributed by atoms with van der Waals surface area (Å²) in [5.74, 6) is -1.10. The van der Waals surface area contributed by atoms with Gasteiger partial charge in [0.1, 0.15) is 0 Å². The van der Waals surface area contributed by atoms with Crippen LogP contribution in [0, 0.1) is 0 Å². The number of benzene rings is 1. The number of hydrogen-bond donors (Lipinski definition) is 4. The summed E-state index contributed by atoms with van der Waals surface area (Å²) >= 11 is 0. The molecule has 6 nitrogen and oxygen atoms in total. The Morgan fingerprint density at radius 3 is 2.65 bits per heavy atom. The molecule has 6 heteroatoms. The summed E-state index contributed by atoms with van der Waals surface area (Å²) in [4.78, 5) is 22.4. The first-order valence-electron chi connectivity index (χ1n) is 5.26. The molecule has 0 heterocycles. The van der Waals surface area contributed by atoms with Crippen molar-refractivity contribution in [2.75, 3.05) is 11.1 Å². The van der Waals surface area contributed by atoms with E-state index in [-0.39, 0.29) is 17.3 Å². The van der Waals surface area contributed by atoms with E-state index in [1.165, 1.54) is 18.2 Å². The molecule has 1 aromatic rings. The molecule has 2 rings (SSSR count). The van der Waals surface area contributed by atoms with Crippen molar-refractivity contribution in [3.63, 3.8) is 0 Å². The van der Waals surface area contributed by atoms with Gasteiger partial charge in [-0.3, -0.25) is 0 Å². The summed E-state index contributed by atoms with van der Waals surface area (Å²) in [7, 11) is 0. The normalized spacial score (nSPS) is 14.1. The zero-order chi connectivity index (χ0) is 12.4. The van der Waals surface area contributed by atoms with E-state index in [1.807, 2.05) is 0 Å². The molecule has 90 valence electrons. The van der Waals surface area contributed by atoms with Crippen molar-refractivity contribution in [3.05, 3.63) is 23.8 Å². The minimum atomic E-state index is -1.10. The van der Waals surface area contributed by atoms with Crippen LogP contribution in [0.1, 0.15) is 23.2 Å². The molecular formula is C11H13N3O3. The molecule has 2 amide bonds. The second kappa shape index (κ2) is 4.32. The predicted molar refractivity (Wildman–Crippen MR) is 63.0 cm³/mol. The van der Waals surface area contributed by atoms with E-state index < -0.39 is 12.0 Å². The average Bonchev–Trinajstić information content (AvgIpc) is 3.00. The number of hydrogen-bond acceptors (Lipinski definition) is 3. The Balaban J connectivity index is 2.14. The number of urea groups is 1. The van der Waals surface area contributed by atoms with E-state index >= 15 is 0 Å². The number of carboxylic acids is 1. The lowest BCUT2D eigenvalue weighted by atomic mass is 10.1. The first-order valence-corrected chi connectivity index (χ1v) is 5.26. The predicted octanol–water partition coefficient (Wildman–Crippen LogP) is 1.25. The van der Waals surface area contributed by atoms with Crippen LogP contribution in [0.3, 0.4) is 0 Å². The number of nitrogens with one attached hydrogen (secondary N) is 2. The molecule has 0 unspecified atom stereocenters. The first-order chi connectivity index (χ1) is 8.06. The van der Waals surface area contributed by atoms with Gasteiger partial charge in [0.25, 0.3) is 0 Å². The Kier molecular flexibility index (Phi) is 2.86. The van der Waals surface area contributed by atoms with Crippen LogP contribution in [0.4, 0.5) is 16.2 Å². The first kappa shape index (κ1) is 11.3. The van der Waals surface area contributed by atoms with Gasteiger partial charge in [0.05, 0.1) is 11.3 Å². The van der Waals surface area contributed by atoms with E-state index in [0.717, 1.165) is 12.8 Å². The van der Waals surface area contributed by atoms with Crippen molar-refractivity contribution in [2.24, 2.45) is 0 Å². The number of carboxylic acid groups (broad SMARTS) is 1. The highest BCUT2D eigenvalue weighted by Crippen LogP contribution is 2.21. The summed E-state index contributed by atoms with van der Waals surface area (Å²) in [6, 6.07) is 4.08. The van der Waals surface area contributed by atoms with Gasteiger partial charge in [-0.15, -0.1) is 0 Å². The van der Waals surface area contributed by atoms with Crippen LogP contribution in [-0.4, -0.2) is 23.1 Å². The van der Waals surface area contributed by atoms with E-state index in [9.17, 15) is 9.59 Å². The monoisotopic (exact) mass is 235 g/mol. The third kappa shape index (κ3) is 2.87. The fraction of sp³-hybridized carbons (Fsp3) is 0.273. The quantitative estimate of drug-likeness (QED) is 0.592. The number of rotatable bonds is 3.